The molecular formula is C16H16NOS. The van der Waals surface area contributed by atoms with Gasteiger partial charge in [0.25, 0.3) is 0 Å². The first-order valence-corrected chi connectivity index (χ1v) is 7.17. The standard InChI is InChI=1S/C16H16NOS/c1-16(2)11-18-15(17-16)13-9-6-10-14(13)19-12-7-4-3-5-8-12/h3-10H,11H2,1-2H3. The molecular weight excluding hydrogens is 254 g/mol. The monoisotopic (exact) mass is 270 g/mol. The highest BCUT2D eigenvalue weighted by molar-refractivity contribution is 8.02. The fourth-order valence-corrected chi connectivity index (χ4v) is 2.97. The van der Waals surface area contributed by atoms with Crippen molar-refractivity contribution in [3.05, 3.63) is 60.8 Å². The van der Waals surface area contributed by atoms with Crippen LogP contribution in [-0.2, 0) is 4.74 Å². The average molecular weight is 270 g/mol. The number of hydrogen-bond donors (Lipinski definition) is 0. The number of rotatable bonds is 3. The molecule has 0 bridgehead atoms. The molecule has 0 amide bonds. The number of thioether (sulfide) groups is 1. The van der Waals surface area contributed by atoms with Gasteiger partial charge in [-0.25, -0.2) is 4.99 Å². The summed E-state index contributed by atoms with van der Waals surface area (Å²) in [6.07, 6.45) is 6.24. The molecule has 0 aromatic heterocycles. The summed E-state index contributed by atoms with van der Waals surface area (Å²) in [6.45, 7) is 4.84. The minimum atomic E-state index is -0.110. The van der Waals surface area contributed by atoms with Crippen molar-refractivity contribution in [1.29, 1.82) is 0 Å². The van der Waals surface area contributed by atoms with Crippen LogP contribution < -0.4 is 0 Å². The molecule has 3 rings (SSSR count). The van der Waals surface area contributed by atoms with Gasteiger partial charge in [-0.15, -0.1) is 11.8 Å². The van der Waals surface area contributed by atoms with E-state index in [0.29, 0.717) is 6.61 Å². The molecule has 1 fully saturated rings. The minimum absolute atomic E-state index is 0.110. The van der Waals surface area contributed by atoms with Gasteiger partial charge in [0.05, 0.1) is 16.7 Å². The van der Waals surface area contributed by atoms with Gasteiger partial charge in [0.1, 0.15) is 6.61 Å². The quantitative estimate of drug-likeness (QED) is 0.835. The van der Waals surface area contributed by atoms with Crippen LogP contribution in [0.4, 0.5) is 0 Å². The summed E-state index contributed by atoms with van der Waals surface area (Å²) >= 11 is 1.75. The molecule has 1 aromatic rings. The van der Waals surface area contributed by atoms with Crippen LogP contribution in [0.2, 0.25) is 0 Å². The molecule has 0 unspecified atom stereocenters. The summed E-state index contributed by atoms with van der Waals surface area (Å²) in [5.74, 6) is 1.87. The predicted molar refractivity (Wildman–Crippen MR) is 79.2 cm³/mol. The molecule has 0 spiro atoms. The van der Waals surface area contributed by atoms with E-state index in [9.17, 15) is 0 Å². The average Bonchev–Trinajstić information content (AvgIpc) is 2.97. The zero-order chi connectivity index (χ0) is 13.3. The molecule has 3 heteroatoms. The van der Waals surface area contributed by atoms with E-state index in [0.717, 1.165) is 11.8 Å². The highest BCUT2D eigenvalue weighted by Crippen LogP contribution is 2.46. The normalized spacial score (nSPS) is 23.4. The van der Waals surface area contributed by atoms with Crippen LogP contribution >= 0.6 is 11.8 Å². The largest absolute Gasteiger partial charge is 0.478 e. The van der Waals surface area contributed by atoms with E-state index >= 15 is 0 Å². The van der Waals surface area contributed by atoms with E-state index in [4.69, 9.17) is 4.74 Å². The number of aliphatic imine (C=N–C) groups is 1. The van der Waals surface area contributed by atoms with Crippen LogP contribution in [0.5, 0.6) is 0 Å². The van der Waals surface area contributed by atoms with Gasteiger partial charge in [0, 0.05) is 4.90 Å². The predicted octanol–water partition coefficient (Wildman–Crippen LogP) is 3.72. The summed E-state index contributed by atoms with van der Waals surface area (Å²) in [4.78, 5) is 5.88. The molecule has 1 heterocycles. The Hall–Kier alpha value is -0.960. The SMILES string of the molecule is CC1(C)COC([C]2[CH][CH][CH][C]2Sc2ccccc2)=N1. The number of ether oxygens (including phenoxy) is 1. The van der Waals surface area contributed by atoms with Gasteiger partial charge >= 0.3 is 0 Å². The Labute approximate surface area is 119 Å². The fourth-order valence-electron chi connectivity index (χ4n) is 2.01. The lowest BCUT2D eigenvalue weighted by Gasteiger charge is -2.16. The maximum absolute atomic E-state index is 5.73. The number of benzene rings is 1. The number of hydrogen-bond acceptors (Lipinski definition) is 3. The molecule has 1 aromatic carbocycles. The smallest absolute Gasteiger partial charge is 0.193 e. The van der Waals surface area contributed by atoms with E-state index in [1.165, 1.54) is 10.1 Å². The Balaban J connectivity index is 1.72. The van der Waals surface area contributed by atoms with Crippen molar-refractivity contribution in [3.63, 3.8) is 0 Å². The van der Waals surface area contributed by atoms with Gasteiger partial charge < -0.3 is 4.74 Å². The molecule has 19 heavy (non-hydrogen) atoms. The Morgan fingerprint density at radius 1 is 1.16 bits per heavy atom. The van der Waals surface area contributed by atoms with Crippen molar-refractivity contribution in [2.75, 3.05) is 6.61 Å². The third-order valence-corrected chi connectivity index (χ3v) is 4.03. The molecule has 97 valence electrons. The lowest BCUT2D eigenvalue weighted by molar-refractivity contribution is 0.277. The van der Waals surface area contributed by atoms with Crippen molar-refractivity contribution in [1.82, 2.24) is 0 Å². The summed E-state index contributed by atoms with van der Waals surface area (Å²) in [5.41, 5.74) is -0.110. The van der Waals surface area contributed by atoms with Crippen LogP contribution in [0.3, 0.4) is 0 Å². The Bertz CT molecular complexity index is 469. The van der Waals surface area contributed by atoms with Gasteiger partial charge in [-0.05, 0) is 45.2 Å². The van der Waals surface area contributed by atoms with Crippen LogP contribution in [-0.4, -0.2) is 18.0 Å². The second kappa shape index (κ2) is 5.20. The van der Waals surface area contributed by atoms with Crippen molar-refractivity contribution >= 4 is 17.7 Å². The van der Waals surface area contributed by atoms with Crippen molar-refractivity contribution in [3.8, 4) is 0 Å². The highest BCUT2D eigenvalue weighted by atomic mass is 32.2. The third-order valence-electron chi connectivity index (χ3n) is 2.94. The van der Waals surface area contributed by atoms with Crippen LogP contribution in [0.1, 0.15) is 13.8 Å². The van der Waals surface area contributed by atoms with Crippen LogP contribution in [0.25, 0.3) is 0 Å². The second-order valence-corrected chi connectivity index (χ2v) is 6.35. The molecule has 1 aliphatic carbocycles. The lowest BCUT2D eigenvalue weighted by Crippen LogP contribution is -2.17. The third kappa shape index (κ3) is 2.97. The first-order valence-electron chi connectivity index (χ1n) is 6.36. The van der Waals surface area contributed by atoms with Crippen molar-refractivity contribution in [2.24, 2.45) is 4.99 Å². The van der Waals surface area contributed by atoms with Crippen LogP contribution in [0, 0.1) is 30.4 Å². The molecule has 0 atom stereocenters. The zero-order valence-corrected chi connectivity index (χ0v) is 11.9. The maximum atomic E-state index is 5.73. The summed E-state index contributed by atoms with van der Waals surface area (Å²) in [6, 6.07) is 10.4. The Kier molecular flexibility index (Phi) is 3.57. The molecule has 2 nitrogen and oxygen atoms in total. The van der Waals surface area contributed by atoms with Gasteiger partial charge in [-0.1, -0.05) is 18.2 Å². The zero-order valence-electron chi connectivity index (χ0n) is 11.1. The van der Waals surface area contributed by atoms with E-state index in [2.05, 4.69) is 62.4 Å². The summed E-state index contributed by atoms with van der Waals surface area (Å²) < 4.78 is 5.73. The summed E-state index contributed by atoms with van der Waals surface area (Å²) in [7, 11) is 0. The van der Waals surface area contributed by atoms with E-state index in [1.54, 1.807) is 11.8 Å². The molecule has 5 radical (unpaired) electrons. The van der Waals surface area contributed by atoms with Crippen LogP contribution in [0.15, 0.2) is 40.2 Å². The van der Waals surface area contributed by atoms with Gasteiger partial charge in [-0.3, -0.25) is 0 Å². The van der Waals surface area contributed by atoms with E-state index in [-0.39, 0.29) is 5.54 Å². The minimum Gasteiger partial charge on any atom is -0.478 e. The molecule has 0 N–H and O–H groups in total. The first kappa shape index (κ1) is 13.0. The molecule has 2 aliphatic rings. The lowest BCUT2D eigenvalue weighted by atomic mass is 10.1. The van der Waals surface area contributed by atoms with Gasteiger partial charge in [0.2, 0.25) is 0 Å². The number of nitrogens with zero attached hydrogens (tertiary/aromatic N) is 1. The maximum Gasteiger partial charge on any atom is 0.193 e. The van der Waals surface area contributed by atoms with E-state index < -0.39 is 0 Å². The molecule has 1 saturated carbocycles. The van der Waals surface area contributed by atoms with Gasteiger partial charge in [0.15, 0.2) is 5.90 Å². The Morgan fingerprint density at radius 2 is 1.95 bits per heavy atom. The van der Waals surface area contributed by atoms with E-state index in [1.807, 2.05) is 6.07 Å². The topological polar surface area (TPSA) is 21.6 Å². The van der Waals surface area contributed by atoms with Crippen molar-refractivity contribution in [2.45, 2.75) is 24.3 Å². The Morgan fingerprint density at radius 3 is 2.63 bits per heavy atom. The molecule has 0 saturated heterocycles. The second-order valence-electron chi connectivity index (χ2n) is 5.24. The molecule has 1 aliphatic heterocycles. The summed E-state index contributed by atoms with van der Waals surface area (Å²) in [5, 5.41) is 1.20. The van der Waals surface area contributed by atoms with Crippen molar-refractivity contribution < 1.29 is 4.74 Å². The van der Waals surface area contributed by atoms with Gasteiger partial charge in [-0.2, -0.15) is 0 Å². The first-order chi connectivity index (χ1) is 9.14. The highest BCUT2D eigenvalue weighted by Gasteiger charge is 2.39. The fraction of sp³-hybridized carbons (Fsp3) is 0.250.